The third kappa shape index (κ3) is 5.93. The summed E-state index contributed by atoms with van der Waals surface area (Å²) < 4.78 is 2.99. The van der Waals surface area contributed by atoms with Crippen LogP contribution in [0.15, 0.2) is 4.47 Å². The lowest BCUT2D eigenvalue weighted by Gasteiger charge is -2.05. The Balaban J connectivity index is 2.42. The van der Waals surface area contributed by atoms with Crippen LogP contribution in [-0.2, 0) is 24.2 Å². The number of ketones is 1. The van der Waals surface area contributed by atoms with E-state index in [0.29, 0.717) is 18.6 Å². The van der Waals surface area contributed by atoms with E-state index >= 15 is 0 Å². The molecular weight excluding hydrogens is 328 g/mol. The predicted octanol–water partition coefficient (Wildman–Crippen LogP) is 5.09. The minimum absolute atomic E-state index is 0.337. The number of carbonyl (C=O) groups is 1. The minimum atomic E-state index is 0.337. The van der Waals surface area contributed by atoms with Crippen LogP contribution in [-0.4, -0.2) is 15.6 Å². The molecule has 0 radical (unpaired) electrons. The van der Waals surface area contributed by atoms with E-state index in [4.69, 9.17) is 0 Å². The van der Waals surface area contributed by atoms with E-state index in [2.05, 4.69) is 41.8 Å². The molecule has 0 saturated carbocycles. The van der Waals surface area contributed by atoms with Crippen molar-refractivity contribution in [2.45, 2.75) is 85.1 Å². The highest BCUT2D eigenvalue weighted by Crippen LogP contribution is 2.23. The van der Waals surface area contributed by atoms with Crippen molar-refractivity contribution in [3.05, 3.63) is 15.9 Å². The van der Waals surface area contributed by atoms with Gasteiger partial charge in [-0.2, -0.15) is 5.10 Å². The van der Waals surface area contributed by atoms with E-state index < -0.39 is 0 Å². The lowest BCUT2D eigenvalue weighted by Crippen LogP contribution is -2.09. The largest absolute Gasteiger partial charge is 0.299 e. The Morgan fingerprint density at radius 2 is 1.76 bits per heavy atom. The molecule has 1 aromatic heterocycles. The Hall–Kier alpha value is -0.640. The van der Waals surface area contributed by atoms with Crippen LogP contribution in [0.2, 0.25) is 0 Å². The molecule has 21 heavy (non-hydrogen) atoms. The Morgan fingerprint density at radius 1 is 1.10 bits per heavy atom. The van der Waals surface area contributed by atoms with Gasteiger partial charge in [0.05, 0.1) is 15.9 Å². The van der Waals surface area contributed by atoms with Crippen LogP contribution in [0.3, 0.4) is 0 Å². The molecule has 0 unspecified atom stereocenters. The summed E-state index contributed by atoms with van der Waals surface area (Å²) in [5, 5.41) is 4.55. The van der Waals surface area contributed by atoms with E-state index in [1.54, 1.807) is 0 Å². The molecule has 4 heteroatoms. The lowest BCUT2D eigenvalue weighted by atomic mass is 10.1. The van der Waals surface area contributed by atoms with Crippen LogP contribution in [0.4, 0.5) is 0 Å². The molecule has 0 fully saturated rings. The zero-order valence-electron chi connectivity index (χ0n) is 13.8. The average Bonchev–Trinajstić information content (AvgIpc) is 2.79. The fraction of sp³-hybridized carbons (Fsp3) is 0.765. The number of nitrogens with zero attached hydrogens (tertiary/aromatic N) is 2. The van der Waals surface area contributed by atoms with Gasteiger partial charge < -0.3 is 0 Å². The van der Waals surface area contributed by atoms with E-state index in [9.17, 15) is 4.79 Å². The van der Waals surface area contributed by atoms with Crippen molar-refractivity contribution >= 4 is 21.7 Å². The number of halogens is 1. The first-order valence-corrected chi connectivity index (χ1v) is 9.19. The molecule has 0 aliphatic heterocycles. The Kier molecular flexibility index (Phi) is 8.90. The summed E-state index contributed by atoms with van der Waals surface area (Å²) in [6.07, 6.45) is 9.47. The third-order valence-corrected chi connectivity index (χ3v) is 4.78. The molecule has 0 amide bonds. The summed E-state index contributed by atoms with van der Waals surface area (Å²) in [7, 11) is 0. The number of carbonyl (C=O) groups excluding carboxylic acids is 1. The first-order valence-electron chi connectivity index (χ1n) is 8.39. The molecular formula is C17H29BrN2O. The van der Waals surface area contributed by atoms with Gasteiger partial charge in [0.25, 0.3) is 0 Å². The van der Waals surface area contributed by atoms with E-state index in [1.807, 2.05) is 4.68 Å². The van der Waals surface area contributed by atoms with Gasteiger partial charge in [-0.05, 0) is 35.7 Å². The third-order valence-electron chi connectivity index (χ3n) is 3.87. The van der Waals surface area contributed by atoms with Gasteiger partial charge in [0.15, 0.2) is 0 Å². The number of aromatic nitrogens is 2. The van der Waals surface area contributed by atoms with Crippen molar-refractivity contribution in [2.24, 2.45) is 0 Å². The molecule has 0 atom stereocenters. The Labute approximate surface area is 137 Å². The normalized spacial score (nSPS) is 11.0. The molecule has 0 aliphatic rings. The molecule has 0 spiro atoms. The van der Waals surface area contributed by atoms with Crippen LogP contribution in [0, 0.1) is 0 Å². The lowest BCUT2D eigenvalue weighted by molar-refractivity contribution is -0.118. The smallest absolute Gasteiger partial charge is 0.138 e. The van der Waals surface area contributed by atoms with Crippen molar-refractivity contribution in [1.29, 1.82) is 0 Å². The molecule has 0 aromatic carbocycles. The standard InChI is InChI=1S/C17H29BrN2O/c1-4-7-8-9-10-11-12-14(21)13-16-17(18)15(5-2)19-20(16)6-3/h4-13H2,1-3H3. The number of hydrogen-bond donors (Lipinski definition) is 0. The van der Waals surface area contributed by atoms with Gasteiger partial charge in [-0.15, -0.1) is 0 Å². The number of hydrogen-bond acceptors (Lipinski definition) is 2. The van der Waals surface area contributed by atoms with Gasteiger partial charge in [0, 0.05) is 19.4 Å². The predicted molar refractivity (Wildman–Crippen MR) is 91.7 cm³/mol. The van der Waals surface area contributed by atoms with E-state index in [0.717, 1.165) is 35.2 Å². The summed E-state index contributed by atoms with van der Waals surface area (Å²) in [5.74, 6) is 0.337. The fourth-order valence-corrected chi connectivity index (χ4v) is 3.27. The first-order chi connectivity index (χ1) is 10.1. The van der Waals surface area contributed by atoms with Crippen molar-refractivity contribution in [3.63, 3.8) is 0 Å². The number of rotatable bonds is 11. The molecule has 0 N–H and O–H groups in total. The summed E-state index contributed by atoms with van der Waals surface area (Å²) in [4.78, 5) is 12.2. The van der Waals surface area contributed by atoms with E-state index in [-0.39, 0.29) is 0 Å². The van der Waals surface area contributed by atoms with Crippen molar-refractivity contribution in [1.82, 2.24) is 9.78 Å². The number of unbranched alkanes of at least 4 members (excludes halogenated alkanes) is 5. The van der Waals surface area contributed by atoms with Gasteiger partial charge in [0.1, 0.15) is 5.78 Å². The van der Waals surface area contributed by atoms with Crippen LogP contribution < -0.4 is 0 Å². The fourth-order valence-electron chi connectivity index (χ4n) is 2.56. The highest BCUT2D eigenvalue weighted by Gasteiger charge is 2.16. The average molecular weight is 357 g/mol. The Bertz CT molecular complexity index is 440. The second kappa shape index (κ2) is 10.1. The van der Waals surface area contributed by atoms with Gasteiger partial charge in [-0.25, -0.2) is 0 Å². The van der Waals surface area contributed by atoms with Gasteiger partial charge in [-0.3, -0.25) is 9.48 Å². The van der Waals surface area contributed by atoms with Crippen LogP contribution >= 0.6 is 15.9 Å². The molecule has 0 saturated heterocycles. The van der Waals surface area contributed by atoms with Crippen LogP contribution in [0.25, 0.3) is 0 Å². The van der Waals surface area contributed by atoms with Crippen molar-refractivity contribution < 1.29 is 4.79 Å². The second-order valence-electron chi connectivity index (χ2n) is 5.61. The molecule has 1 rings (SSSR count). The van der Waals surface area contributed by atoms with Crippen molar-refractivity contribution in [2.75, 3.05) is 0 Å². The van der Waals surface area contributed by atoms with Crippen LogP contribution in [0.1, 0.15) is 77.1 Å². The molecule has 3 nitrogen and oxygen atoms in total. The number of aryl methyl sites for hydroxylation is 2. The highest BCUT2D eigenvalue weighted by atomic mass is 79.9. The molecule has 1 heterocycles. The summed E-state index contributed by atoms with van der Waals surface area (Å²) in [6, 6.07) is 0. The summed E-state index contributed by atoms with van der Waals surface area (Å²) in [5.41, 5.74) is 2.10. The molecule has 120 valence electrons. The van der Waals surface area contributed by atoms with Crippen LogP contribution in [0.5, 0.6) is 0 Å². The number of Topliss-reactive ketones (excluding diaryl/α,β-unsaturated/α-hetero) is 1. The van der Waals surface area contributed by atoms with E-state index in [1.165, 1.54) is 32.1 Å². The topological polar surface area (TPSA) is 34.9 Å². The first kappa shape index (κ1) is 18.4. The molecule has 0 aliphatic carbocycles. The zero-order valence-corrected chi connectivity index (χ0v) is 15.3. The maximum atomic E-state index is 12.2. The Morgan fingerprint density at radius 3 is 2.38 bits per heavy atom. The minimum Gasteiger partial charge on any atom is -0.299 e. The molecule has 1 aromatic rings. The van der Waals surface area contributed by atoms with Gasteiger partial charge in [0.2, 0.25) is 0 Å². The van der Waals surface area contributed by atoms with Crippen molar-refractivity contribution in [3.8, 4) is 0 Å². The molecule has 0 bridgehead atoms. The zero-order chi connectivity index (χ0) is 15.7. The highest BCUT2D eigenvalue weighted by molar-refractivity contribution is 9.10. The monoisotopic (exact) mass is 356 g/mol. The maximum Gasteiger partial charge on any atom is 0.138 e. The summed E-state index contributed by atoms with van der Waals surface area (Å²) >= 11 is 3.61. The SMILES string of the molecule is CCCCCCCCC(=O)Cc1c(Br)c(CC)nn1CC. The second-order valence-corrected chi connectivity index (χ2v) is 6.40. The van der Waals surface area contributed by atoms with Gasteiger partial charge >= 0.3 is 0 Å². The maximum absolute atomic E-state index is 12.2. The quantitative estimate of drug-likeness (QED) is 0.517. The van der Waals surface area contributed by atoms with Gasteiger partial charge in [-0.1, -0.05) is 46.0 Å². The summed E-state index contributed by atoms with van der Waals surface area (Å²) in [6.45, 7) is 7.20.